The van der Waals surface area contributed by atoms with Crippen LogP contribution in [-0.2, 0) is 0 Å². The third kappa shape index (κ3) is 1.55. The first-order valence-electron chi connectivity index (χ1n) is 4.99. The molecule has 0 aromatic heterocycles. The average molecular weight is 248 g/mol. The molecule has 16 heavy (non-hydrogen) atoms. The van der Waals surface area contributed by atoms with Crippen molar-refractivity contribution in [3.05, 3.63) is 47.8 Å². The van der Waals surface area contributed by atoms with Gasteiger partial charge in [0.1, 0.15) is 5.82 Å². The fraction of sp³-hybridized carbons (Fsp3) is 0.0769. The predicted molar refractivity (Wildman–Crippen MR) is 65.8 cm³/mol. The molecule has 1 aliphatic heterocycles. The van der Waals surface area contributed by atoms with Gasteiger partial charge >= 0.3 is 0 Å². The highest BCUT2D eigenvalue weighted by Gasteiger charge is 2.20. The van der Waals surface area contributed by atoms with Crippen molar-refractivity contribution in [2.24, 2.45) is 0 Å². The predicted octanol–water partition coefficient (Wildman–Crippen LogP) is 4.75. The summed E-state index contributed by atoms with van der Waals surface area (Å²) in [4.78, 5) is 4.14. The highest BCUT2D eigenvalue weighted by molar-refractivity contribution is 8.05. The van der Waals surface area contributed by atoms with E-state index in [0.29, 0.717) is 5.56 Å². The molecule has 0 aliphatic carbocycles. The Balaban J connectivity index is 2.16. The monoisotopic (exact) mass is 248 g/mol. The van der Waals surface area contributed by atoms with E-state index in [1.165, 1.54) is 16.7 Å². The van der Waals surface area contributed by atoms with Gasteiger partial charge in [-0.1, -0.05) is 41.7 Å². The van der Waals surface area contributed by atoms with Gasteiger partial charge in [-0.05, 0) is 30.7 Å². The number of rotatable bonds is 0. The smallest absolute Gasteiger partial charge is 0.141 e. The topological polar surface area (TPSA) is 0 Å². The molecule has 0 amide bonds. The van der Waals surface area contributed by atoms with E-state index in [0.717, 1.165) is 14.7 Å². The lowest BCUT2D eigenvalue weighted by molar-refractivity contribution is 0.584. The van der Waals surface area contributed by atoms with Gasteiger partial charge in [0.2, 0.25) is 0 Å². The first kappa shape index (κ1) is 10.2. The van der Waals surface area contributed by atoms with E-state index in [1.807, 2.05) is 30.3 Å². The normalized spacial score (nSPS) is 13.1. The van der Waals surface area contributed by atoms with Gasteiger partial charge in [0.05, 0.1) is 4.90 Å². The molecule has 0 bridgehead atoms. The molecule has 0 unspecified atom stereocenters. The van der Waals surface area contributed by atoms with Gasteiger partial charge in [-0.2, -0.15) is 0 Å². The number of fused-ring (bicyclic) bond motifs is 2. The van der Waals surface area contributed by atoms with Gasteiger partial charge in [0, 0.05) is 14.7 Å². The number of hydrogen-bond donors (Lipinski definition) is 0. The average Bonchev–Trinajstić information content (AvgIpc) is 2.32. The lowest BCUT2D eigenvalue weighted by Gasteiger charge is -2.19. The van der Waals surface area contributed by atoms with Crippen molar-refractivity contribution in [2.75, 3.05) is 0 Å². The molecule has 2 aromatic rings. The van der Waals surface area contributed by atoms with Crippen LogP contribution in [0.1, 0.15) is 5.56 Å². The molecule has 1 heterocycles. The molecule has 0 radical (unpaired) electrons. The van der Waals surface area contributed by atoms with Gasteiger partial charge in [-0.3, -0.25) is 0 Å². The molecule has 3 heteroatoms. The maximum Gasteiger partial charge on any atom is 0.141 e. The van der Waals surface area contributed by atoms with Crippen LogP contribution in [0, 0.1) is 12.7 Å². The number of hydrogen-bond acceptors (Lipinski definition) is 2. The van der Waals surface area contributed by atoms with Crippen molar-refractivity contribution in [3.63, 3.8) is 0 Å². The van der Waals surface area contributed by atoms with Crippen LogP contribution in [0.4, 0.5) is 4.39 Å². The standard InChI is InChI=1S/C13H9FS2/c1-8-6-7-11-13(12(8)14)16-10-5-3-2-4-9(10)15-11/h2-7H,1H3. The fourth-order valence-electron chi connectivity index (χ4n) is 1.66. The second-order valence-corrected chi connectivity index (χ2v) is 5.81. The van der Waals surface area contributed by atoms with E-state index in [2.05, 4.69) is 6.07 Å². The minimum absolute atomic E-state index is 0.0792. The zero-order chi connectivity index (χ0) is 11.1. The van der Waals surface area contributed by atoms with Crippen molar-refractivity contribution in [1.82, 2.24) is 0 Å². The second-order valence-electron chi connectivity index (χ2n) is 3.67. The molecule has 0 saturated heterocycles. The molecule has 3 rings (SSSR count). The Hall–Kier alpha value is -0.930. The summed E-state index contributed by atoms with van der Waals surface area (Å²) in [5.41, 5.74) is 0.714. The van der Waals surface area contributed by atoms with Crippen LogP contribution in [0.5, 0.6) is 0 Å². The van der Waals surface area contributed by atoms with Crippen molar-refractivity contribution in [1.29, 1.82) is 0 Å². The first-order valence-corrected chi connectivity index (χ1v) is 6.63. The second kappa shape index (κ2) is 3.82. The molecule has 0 saturated carbocycles. The third-order valence-corrected chi connectivity index (χ3v) is 5.11. The summed E-state index contributed by atoms with van der Waals surface area (Å²) < 4.78 is 13.9. The van der Waals surface area contributed by atoms with E-state index in [1.54, 1.807) is 18.7 Å². The molecular weight excluding hydrogens is 239 g/mol. The maximum absolute atomic E-state index is 13.9. The van der Waals surface area contributed by atoms with E-state index in [4.69, 9.17) is 0 Å². The Labute approximate surface area is 102 Å². The van der Waals surface area contributed by atoms with E-state index in [-0.39, 0.29) is 5.82 Å². The zero-order valence-electron chi connectivity index (χ0n) is 8.66. The molecule has 0 N–H and O–H groups in total. The summed E-state index contributed by atoms with van der Waals surface area (Å²) in [6, 6.07) is 12.0. The third-order valence-electron chi connectivity index (χ3n) is 2.54. The molecule has 0 nitrogen and oxygen atoms in total. The van der Waals surface area contributed by atoms with E-state index in [9.17, 15) is 4.39 Å². The lowest BCUT2D eigenvalue weighted by atomic mass is 10.2. The molecule has 2 aromatic carbocycles. The van der Waals surface area contributed by atoms with Crippen LogP contribution in [0.15, 0.2) is 56.0 Å². The summed E-state index contributed by atoms with van der Waals surface area (Å²) in [5.74, 6) is -0.0792. The SMILES string of the molecule is Cc1ccc2c(c1F)Sc1ccccc1S2. The van der Waals surface area contributed by atoms with Crippen LogP contribution in [-0.4, -0.2) is 0 Å². The molecule has 1 aliphatic rings. The van der Waals surface area contributed by atoms with Gasteiger partial charge in [-0.25, -0.2) is 4.39 Å². The van der Waals surface area contributed by atoms with Crippen LogP contribution < -0.4 is 0 Å². The summed E-state index contributed by atoms with van der Waals surface area (Å²) in [7, 11) is 0. The summed E-state index contributed by atoms with van der Waals surface area (Å²) in [6.45, 7) is 1.81. The van der Waals surface area contributed by atoms with E-state index < -0.39 is 0 Å². The van der Waals surface area contributed by atoms with Gasteiger partial charge in [0.15, 0.2) is 0 Å². The van der Waals surface area contributed by atoms with Crippen molar-refractivity contribution in [2.45, 2.75) is 26.5 Å². The molecular formula is C13H9FS2. The number of halogens is 1. The van der Waals surface area contributed by atoms with Crippen LogP contribution in [0.25, 0.3) is 0 Å². The minimum atomic E-state index is -0.0792. The van der Waals surface area contributed by atoms with Gasteiger partial charge in [-0.15, -0.1) is 0 Å². The van der Waals surface area contributed by atoms with Crippen LogP contribution >= 0.6 is 23.5 Å². The molecule has 0 fully saturated rings. The Morgan fingerprint density at radius 1 is 0.875 bits per heavy atom. The van der Waals surface area contributed by atoms with Gasteiger partial charge < -0.3 is 0 Å². The Morgan fingerprint density at radius 2 is 1.56 bits per heavy atom. The zero-order valence-corrected chi connectivity index (χ0v) is 10.3. The molecule has 80 valence electrons. The van der Waals surface area contributed by atoms with Crippen LogP contribution in [0.3, 0.4) is 0 Å². The van der Waals surface area contributed by atoms with Crippen LogP contribution in [0.2, 0.25) is 0 Å². The van der Waals surface area contributed by atoms with Crippen molar-refractivity contribution >= 4 is 23.5 Å². The fourth-order valence-corrected chi connectivity index (χ4v) is 3.98. The lowest BCUT2D eigenvalue weighted by Crippen LogP contribution is -1.94. The van der Waals surface area contributed by atoms with Crippen molar-refractivity contribution < 1.29 is 4.39 Å². The van der Waals surface area contributed by atoms with Gasteiger partial charge in [0.25, 0.3) is 0 Å². The minimum Gasteiger partial charge on any atom is -0.205 e. The largest absolute Gasteiger partial charge is 0.205 e. The highest BCUT2D eigenvalue weighted by atomic mass is 32.2. The Kier molecular flexibility index (Phi) is 2.45. The quantitative estimate of drug-likeness (QED) is 0.563. The molecule has 0 atom stereocenters. The van der Waals surface area contributed by atoms with E-state index >= 15 is 0 Å². The maximum atomic E-state index is 13.9. The summed E-state index contributed by atoms with van der Waals surface area (Å²) in [6.07, 6.45) is 0. The first-order chi connectivity index (χ1) is 7.75. The number of benzene rings is 2. The molecule has 0 spiro atoms. The highest BCUT2D eigenvalue weighted by Crippen LogP contribution is 2.49. The summed E-state index contributed by atoms with van der Waals surface area (Å²) in [5, 5.41) is 0. The Bertz CT molecular complexity index is 564. The number of aryl methyl sites for hydroxylation is 1. The van der Waals surface area contributed by atoms with Crippen molar-refractivity contribution in [3.8, 4) is 0 Å². The Morgan fingerprint density at radius 3 is 2.31 bits per heavy atom. The summed E-state index contributed by atoms with van der Waals surface area (Å²) >= 11 is 3.17.